The average Bonchev–Trinajstić information content (AvgIpc) is 2.68. The monoisotopic (exact) mass is 418 g/mol. The van der Waals surface area contributed by atoms with Gasteiger partial charge in [0.1, 0.15) is 0 Å². The summed E-state index contributed by atoms with van der Waals surface area (Å²) in [7, 11) is 0. The van der Waals surface area contributed by atoms with Crippen molar-refractivity contribution < 1.29 is 4.79 Å². The van der Waals surface area contributed by atoms with Crippen molar-refractivity contribution in [3.8, 4) is 6.07 Å². The lowest BCUT2D eigenvalue weighted by Crippen LogP contribution is -2.32. The van der Waals surface area contributed by atoms with Crippen LogP contribution in [-0.4, -0.2) is 11.5 Å². The SMILES string of the molecule is CC1=NC2=C(C(=O)C[C@H](c3ccccc3)C2)[C@@H](c2ccc(Br)cc2)C1C#N. The maximum absolute atomic E-state index is 13.2. The number of ketones is 1. The van der Waals surface area contributed by atoms with Crippen LogP contribution in [0.25, 0.3) is 0 Å². The van der Waals surface area contributed by atoms with Gasteiger partial charge in [-0.1, -0.05) is 58.4 Å². The number of benzene rings is 2. The first-order valence-electron chi connectivity index (χ1n) is 9.10. The average molecular weight is 419 g/mol. The fourth-order valence-corrected chi connectivity index (χ4v) is 4.48. The maximum atomic E-state index is 13.2. The van der Waals surface area contributed by atoms with Gasteiger partial charge in [0.05, 0.1) is 12.0 Å². The van der Waals surface area contributed by atoms with Crippen LogP contribution in [0.4, 0.5) is 0 Å². The molecule has 3 nitrogen and oxygen atoms in total. The van der Waals surface area contributed by atoms with Gasteiger partial charge >= 0.3 is 0 Å². The van der Waals surface area contributed by atoms with Crippen LogP contribution in [0.3, 0.4) is 0 Å². The Balaban J connectivity index is 1.79. The molecule has 0 saturated heterocycles. The summed E-state index contributed by atoms with van der Waals surface area (Å²) in [6.45, 7) is 1.90. The highest BCUT2D eigenvalue weighted by Crippen LogP contribution is 2.46. The van der Waals surface area contributed by atoms with Crippen molar-refractivity contribution in [3.05, 3.63) is 81.5 Å². The summed E-state index contributed by atoms with van der Waals surface area (Å²) in [5, 5.41) is 9.78. The Morgan fingerprint density at radius 1 is 1.04 bits per heavy atom. The van der Waals surface area contributed by atoms with Gasteiger partial charge in [0.15, 0.2) is 5.78 Å². The molecule has 134 valence electrons. The Morgan fingerprint density at radius 3 is 2.41 bits per heavy atom. The fraction of sp³-hybridized carbons (Fsp3) is 0.261. The van der Waals surface area contributed by atoms with Crippen LogP contribution >= 0.6 is 15.9 Å². The van der Waals surface area contributed by atoms with Gasteiger partial charge in [-0.25, -0.2) is 0 Å². The standard InChI is InChI=1S/C23H19BrN2O/c1-14-19(13-25)22(16-7-9-18(24)10-8-16)23-20(26-14)11-17(12-21(23)27)15-5-3-2-4-6-15/h2-10,17,19,22H,11-12H2,1H3/t17-,19?,22+/m1/s1. The minimum Gasteiger partial charge on any atom is -0.294 e. The summed E-state index contributed by atoms with van der Waals surface area (Å²) in [4.78, 5) is 17.9. The molecule has 4 heteroatoms. The lowest BCUT2D eigenvalue weighted by Gasteiger charge is -2.35. The normalized spacial score (nSPS) is 24.9. The number of aliphatic imine (C=N–C) groups is 1. The van der Waals surface area contributed by atoms with Gasteiger partial charge < -0.3 is 0 Å². The molecule has 1 heterocycles. The molecule has 2 aromatic rings. The quantitative estimate of drug-likeness (QED) is 0.641. The molecule has 27 heavy (non-hydrogen) atoms. The first kappa shape index (κ1) is 17.9. The number of halogens is 1. The van der Waals surface area contributed by atoms with E-state index in [1.807, 2.05) is 49.4 Å². The van der Waals surface area contributed by atoms with Crippen LogP contribution in [0.5, 0.6) is 0 Å². The van der Waals surface area contributed by atoms with Crippen molar-refractivity contribution in [3.63, 3.8) is 0 Å². The van der Waals surface area contributed by atoms with Crippen molar-refractivity contribution in [1.29, 1.82) is 5.26 Å². The third-order valence-corrected chi connectivity index (χ3v) is 6.06. The molecule has 0 saturated carbocycles. The van der Waals surface area contributed by atoms with E-state index in [1.54, 1.807) is 0 Å². The zero-order valence-electron chi connectivity index (χ0n) is 15.0. The second-order valence-electron chi connectivity index (χ2n) is 7.19. The third kappa shape index (κ3) is 3.28. The Bertz CT molecular complexity index is 983. The zero-order chi connectivity index (χ0) is 19.0. The summed E-state index contributed by atoms with van der Waals surface area (Å²) in [5.74, 6) is -0.366. The van der Waals surface area contributed by atoms with E-state index >= 15 is 0 Å². The first-order valence-corrected chi connectivity index (χ1v) is 9.89. The molecule has 0 amide bonds. The summed E-state index contributed by atoms with van der Waals surface area (Å²) in [5.41, 5.74) is 4.57. The second kappa shape index (κ2) is 7.25. The Morgan fingerprint density at radius 2 is 1.74 bits per heavy atom. The van der Waals surface area contributed by atoms with E-state index in [0.717, 1.165) is 33.4 Å². The Hall–Kier alpha value is -2.51. The van der Waals surface area contributed by atoms with Gasteiger partial charge in [-0.2, -0.15) is 5.26 Å². The van der Waals surface area contributed by atoms with Crippen LogP contribution in [0, 0.1) is 17.2 Å². The minimum absolute atomic E-state index is 0.120. The number of Topliss-reactive ketones (excluding diaryl/α,β-unsaturated/α-hetero) is 1. The minimum atomic E-state index is -0.401. The van der Waals surface area contributed by atoms with Crippen molar-refractivity contribution >= 4 is 27.4 Å². The van der Waals surface area contributed by atoms with Crippen LogP contribution in [0.2, 0.25) is 0 Å². The lowest BCUT2D eigenvalue weighted by molar-refractivity contribution is -0.116. The molecule has 0 aromatic heterocycles. The van der Waals surface area contributed by atoms with Gasteiger partial charge in [0, 0.05) is 33.8 Å². The smallest absolute Gasteiger partial charge is 0.161 e. The van der Waals surface area contributed by atoms with E-state index in [2.05, 4.69) is 34.1 Å². The van der Waals surface area contributed by atoms with Crippen LogP contribution in [-0.2, 0) is 4.79 Å². The van der Waals surface area contributed by atoms with Crippen molar-refractivity contribution in [2.45, 2.75) is 31.6 Å². The number of hydrogen-bond donors (Lipinski definition) is 0. The fourth-order valence-electron chi connectivity index (χ4n) is 4.22. The van der Waals surface area contributed by atoms with Crippen LogP contribution in [0.1, 0.15) is 42.7 Å². The molecule has 0 N–H and O–H groups in total. The van der Waals surface area contributed by atoms with E-state index in [-0.39, 0.29) is 17.6 Å². The molecule has 0 spiro atoms. The summed E-state index contributed by atoms with van der Waals surface area (Å²) < 4.78 is 0.981. The maximum Gasteiger partial charge on any atom is 0.161 e. The molecule has 0 bridgehead atoms. The third-order valence-electron chi connectivity index (χ3n) is 5.53. The number of allylic oxidation sites excluding steroid dienone is 2. The number of nitriles is 1. The summed E-state index contributed by atoms with van der Waals surface area (Å²) >= 11 is 3.46. The highest BCUT2D eigenvalue weighted by molar-refractivity contribution is 9.10. The highest BCUT2D eigenvalue weighted by Gasteiger charge is 2.41. The van der Waals surface area contributed by atoms with E-state index < -0.39 is 5.92 Å². The number of carbonyl (C=O) groups is 1. The predicted molar refractivity (Wildman–Crippen MR) is 110 cm³/mol. The molecule has 0 fully saturated rings. The van der Waals surface area contributed by atoms with Gasteiger partial charge in [0.2, 0.25) is 0 Å². The van der Waals surface area contributed by atoms with Gasteiger partial charge in [-0.15, -0.1) is 0 Å². The number of hydrogen-bond acceptors (Lipinski definition) is 3. The predicted octanol–water partition coefficient (Wildman–Crippen LogP) is 5.55. The van der Waals surface area contributed by atoms with Gasteiger partial charge in [-0.3, -0.25) is 9.79 Å². The van der Waals surface area contributed by atoms with Crippen molar-refractivity contribution in [1.82, 2.24) is 0 Å². The molecule has 2 aromatic carbocycles. The van der Waals surface area contributed by atoms with E-state index in [9.17, 15) is 10.1 Å². The Labute approximate surface area is 167 Å². The summed E-state index contributed by atoms with van der Waals surface area (Å²) in [6.07, 6.45) is 1.22. The molecular weight excluding hydrogens is 400 g/mol. The molecule has 1 aliphatic heterocycles. The second-order valence-corrected chi connectivity index (χ2v) is 8.10. The molecule has 4 rings (SSSR count). The number of carbonyl (C=O) groups excluding carboxylic acids is 1. The Kier molecular flexibility index (Phi) is 4.80. The molecule has 1 unspecified atom stereocenters. The number of nitrogens with zero attached hydrogens (tertiary/aromatic N) is 2. The van der Waals surface area contributed by atoms with E-state index in [0.29, 0.717) is 6.42 Å². The van der Waals surface area contributed by atoms with Gasteiger partial charge in [-0.05, 0) is 42.5 Å². The van der Waals surface area contributed by atoms with E-state index in [4.69, 9.17) is 4.99 Å². The largest absolute Gasteiger partial charge is 0.294 e. The zero-order valence-corrected chi connectivity index (χ0v) is 16.6. The topological polar surface area (TPSA) is 53.2 Å². The lowest BCUT2D eigenvalue weighted by atomic mass is 9.70. The molecule has 0 radical (unpaired) electrons. The summed E-state index contributed by atoms with van der Waals surface area (Å²) in [6, 6.07) is 20.5. The van der Waals surface area contributed by atoms with E-state index in [1.165, 1.54) is 5.56 Å². The highest BCUT2D eigenvalue weighted by atomic mass is 79.9. The van der Waals surface area contributed by atoms with Crippen LogP contribution < -0.4 is 0 Å². The van der Waals surface area contributed by atoms with Crippen molar-refractivity contribution in [2.24, 2.45) is 10.9 Å². The van der Waals surface area contributed by atoms with Gasteiger partial charge in [0.25, 0.3) is 0 Å². The molecule has 3 atom stereocenters. The number of rotatable bonds is 2. The molecule has 1 aliphatic carbocycles. The molecule has 2 aliphatic rings. The first-order chi connectivity index (χ1) is 13.1. The van der Waals surface area contributed by atoms with Crippen molar-refractivity contribution in [2.75, 3.05) is 0 Å². The molecular formula is C23H19BrN2O. The van der Waals surface area contributed by atoms with Crippen LogP contribution in [0.15, 0.2) is 75.3 Å².